The van der Waals surface area contributed by atoms with Gasteiger partial charge in [0.15, 0.2) is 0 Å². The molecular weight excluding hydrogens is 266 g/mol. The Kier molecular flexibility index (Phi) is 5.90. The van der Waals surface area contributed by atoms with E-state index in [-0.39, 0.29) is 12.1 Å². The Morgan fingerprint density at radius 3 is 2.62 bits per heavy atom. The monoisotopic (exact) mass is 289 g/mol. The van der Waals surface area contributed by atoms with Crippen LogP contribution in [0.1, 0.15) is 49.7 Å². The molecule has 0 spiro atoms. The second kappa shape index (κ2) is 7.90. The Morgan fingerprint density at radius 2 is 2.00 bits per heavy atom. The number of hydrogen-bond donors (Lipinski definition) is 1. The maximum absolute atomic E-state index is 5.37. The van der Waals surface area contributed by atoms with E-state index >= 15 is 0 Å². The van der Waals surface area contributed by atoms with Gasteiger partial charge in [0, 0.05) is 19.6 Å². The normalized spacial score (nSPS) is 14.0. The van der Waals surface area contributed by atoms with Crippen molar-refractivity contribution >= 4 is 0 Å². The van der Waals surface area contributed by atoms with Crippen molar-refractivity contribution in [3.8, 4) is 0 Å². The molecule has 114 valence electrons. The molecule has 1 heterocycles. The predicted octanol–water partition coefficient (Wildman–Crippen LogP) is 3.06. The summed E-state index contributed by atoms with van der Waals surface area (Å²) < 4.78 is 10.7. The van der Waals surface area contributed by atoms with Crippen LogP contribution in [0, 0.1) is 0 Å². The lowest BCUT2D eigenvalue weighted by molar-refractivity contribution is 0.0903. The summed E-state index contributed by atoms with van der Waals surface area (Å²) in [6.45, 7) is 5.01. The molecule has 0 amide bonds. The van der Waals surface area contributed by atoms with E-state index in [0.29, 0.717) is 18.1 Å². The SMILES string of the molecule is CCNC(Cc1nc(C(CC)OC)no1)c1ccccc1. The van der Waals surface area contributed by atoms with Crippen LogP contribution >= 0.6 is 0 Å². The zero-order chi connectivity index (χ0) is 15.1. The van der Waals surface area contributed by atoms with Crippen LogP contribution in [0.4, 0.5) is 0 Å². The van der Waals surface area contributed by atoms with Crippen molar-refractivity contribution in [2.45, 2.75) is 38.8 Å². The highest BCUT2D eigenvalue weighted by Crippen LogP contribution is 2.20. The molecule has 2 rings (SSSR count). The molecule has 1 aromatic carbocycles. The summed E-state index contributed by atoms with van der Waals surface area (Å²) in [5, 5.41) is 7.48. The zero-order valence-electron chi connectivity index (χ0n) is 12.9. The fourth-order valence-electron chi connectivity index (χ4n) is 2.35. The molecule has 2 aromatic rings. The molecule has 0 saturated carbocycles. The number of hydrogen-bond acceptors (Lipinski definition) is 5. The molecular formula is C16H23N3O2. The number of methoxy groups -OCH3 is 1. The topological polar surface area (TPSA) is 60.2 Å². The highest BCUT2D eigenvalue weighted by molar-refractivity contribution is 5.19. The molecule has 2 atom stereocenters. The minimum atomic E-state index is -0.100. The van der Waals surface area contributed by atoms with Crippen molar-refractivity contribution < 1.29 is 9.26 Å². The van der Waals surface area contributed by atoms with Crippen molar-refractivity contribution in [2.75, 3.05) is 13.7 Å². The van der Waals surface area contributed by atoms with Gasteiger partial charge >= 0.3 is 0 Å². The van der Waals surface area contributed by atoms with Crippen LogP contribution in [-0.2, 0) is 11.2 Å². The highest BCUT2D eigenvalue weighted by atomic mass is 16.5. The Bertz CT molecular complexity index is 523. The van der Waals surface area contributed by atoms with E-state index in [1.165, 1.54) is 5.56 Å². The highest BCUT2D eigenvalue weighted by Gasteiger charge is 2.19. The third kappa shape index (κ3) is 4.12. The van der Waals surface area contributed by atoms with Gasteiger partial charge in [-0.25, -0.2) is 0 Å². The molecule has 0 saturated heterocycles. The quantitative estimate of drug-likeness (QED) is 0.809. The molecule has 21 heavy (non-hydrogen) atoms. The molecule has 1 aromatic heterocycles. The van der Waals surface area contributed by atoms with Gasteiger partial charge in [-0.05, 0) is 18.5 Å². The minimum absolute atomic E-state index is 0.100. The van der Waals surface area contributed by atoms with E-state index < -0.39 is 0 Å². The third-order valence-corrected chi connectivity index (χ3v) is 3.46. The lowest BCUT2D eigenvalue weighted by atomic mass is 10.0. The van der Waals surface area contributed by atoms with Crippen LogP contribution in [0.2, 0.25) is 0 Å². The van der Waals surface area contributed by atoms with Gasteiger partial charge in [-0.1, -0.05) is 49.3 Å². The Labute approximate surface area is 125 Å². The number of rotatable bonds is 8. The maximum atomic E-state index is 5.37. The lowest BCUT2D eigenvalue weighted by Gasteiger charge is -2.16. The van der Waals surface area contributed by atoms with Gasteiger partial charge in [0.05, 0.1) is 0 Å². The van der Waals surface area contributed by atoms with E-state index in [4.69, 9.17) is 9.26 Å². The molecule has 0 bridgehead atoms. The number of nitrogens with one attached hydrogen (secondary N) is 1. The standard InChI is InChI=1S/C16H23N3O2/c1-4-14(20-3)16-18-15(21-19-16)11-13(17-5-2)12-9-7-6-8-10-12/h6-10,13-14,17H,4-5,11H2,1-3H3. The summed E-state index contributed by atoms with van der Waals surface area (Å²) in [6.07, 6.45) is 1.40. The molecule has 0 radical (unpaired) electrons. The second-order valence-electron chi connectivity index (χ2n) is 4.90. The third-order valence-electron chi connectivity index (χ3n) is 3.46. The lowest BCUT2D eigenvalue weighted by Crippen LogP contribution is -2.23. The summed E-state index contributed by atoms with van der Waals surface area (Å²) >= 11 is 0. The molecule has 0 aliphatic carbocycles. The average Bonchev–Trinajstić information content (AvgIpc) is 2.97. The first-order valence-corrected chi connectivity index (χ1v) is 7.42. The van der Waals surface area contributed by atoms with Gasteiger partial charge in [-0.2, -0.15) is 4.98 Å². The van der Waals surface area contributed by atoms with Crippen molar-refractivity contribution in [3.05, 3.63) is 47.6 Å². The minimum Gasteiger partial charge on any atom is -0.373 e. The van der Waals surface area contributed by atoms with Crippen LogP contribution < -0.4 is 5.32 Å². The molecule has 1 N–H and O–H groups in total. The van der Waals surface area contributed by atoms with Gasteiger partial charge in [-0.3, -0.25) is 0 Å². The number of likely N-dealkylation sites (N-methyl/N-ethyl adjacent to an activating group) is 1. The largest absolute Gasteiger partial charge is 0.373 e. The number of aromatic nitrogens is 2. The predicted molar refractivity (Wildman–Crippen MR) is 80.9 cm³/mol. The first-order valence-electron chi connectivity index (χ1n) is 7.42. The van der Waals surface area contributed by atoms with Crippen molar-refractivity contribution in [2.24, 2.45) is 0 Å². The van der Waals surface area contributed by atoms with Gasteiger partial charge in [-0.15, -0.1) is 0 Å². The molecule has 5 heteroatoms. The fraction of sp³-hybridized carbons (Fsp3) is 0.500. The summed E-state index contributed by atoms with van der Waals surface area (Å²) in [7, 11) is 1.66. The van der Waals surface area contributed by atoms with Gasteiger partial charge in [0.2, 0.25) is 11.7 Å². The first kappa shape index (κ1) is 15.7. The van der Waals surface area contributed by atoms with Crippen LogP contribution in [-0.4, -0.2) is 23.8 Å². The molecule has 0 aliphatic heterocycles. The van der Waals surface area contributed by atoms with Gasteiger partial charge in [0.1, 0.15) is 6.10 Å². The number of ether oxygens (including phenoxy) is 1. The van der Waals surface area contributed by atoms with E-state index in [0.717, 1.165) is 13.0 Å². The fourth-order valence-corrected chi connectivity index (χ4v) is 2.35. The van der Waals surface area contributed by atoms with Gasteiger partial charge < -0.3 is 14.6 Å². The first-order chi connectivity index (χ1) is 10.3. The van der Waals surface area contributed by atoms with E-state index in [9.17, 15) is 0 Å². The summed E-state index contributed by atoms with van der Waals surface area (Å²) in [5.41, 5.74) is 1.22. The van der Waals surface area contributed by atoms with Crippen molar-refractivity contribution in [1.82, 2.24) is 15.5 Å². The Balaban J connectivity index is 2.11. The van der Waals surface area contributed by atoms with Crippen LogP contribution in [0.15, 0.2) is 34.9 Å². The zero-order valence-corrected chi connectivity index (χ0v) is 12.9. The number of benzene rings is 1. The van der Waals surface area contributed by atoms with Crippen LogP contribution in [0.25, 0.3) is 0 Å². The Hall–Kier alpha value is -1.72. The molecule has 0 fully saturated rings. The van der Waals surface area contributed by atoms with E-state index in [1.807, 2.05) is 25.1 Å². The molecule has 0 aliphatic rings. The molecule has 5 nitrogen and oxygen atoms in total. The van der Waals surface area contributed by atoms with E-state index in [1.54, 1.807) is 7.11 Å². The van der Waals surface area contributed by atoms with Crippen molar-refractivity contribution in [1.29, 1.82) is 0 Å². The number of nitrogens with zero attached hydrogens (tertiary/aromatic N) is 2. The smallest absolute Gasteiger partial charge is 0.228 e. The Morgan fingerprint density at radius 1 is 1.24 bits per heavy atom. The summed E-state index contributed by atoms with van der Waals surface area (Å²) in [4.78, 5) is 4.46. The summed E-state index contributed by atoms with van der Waals surface area (Å²) in [5.74, 6) is 1.26. The molecule has 2 unspecified atom stereocenters. The van der Waals surface area contributed by atoms with E-state index in [2.05, 4.69) is 34.5 Å². The van der Waals surface area contributed by atoms with Crippen LogP contribution in [0.5, 0.6) is 0 Å². The second-order valence-corrected chi connectivity index (χ2v) is 4.90. The van der Waals surface area contributed by atoms with Crippen molar-refractivity contribution in [3.63, 3.8) is 0 Å². The summed E-state index contributed by atoms with van der Waals surface area (Å²) in [6, 6.07) is 10.5. The van der Waals surface area contributed by atoms with Gasteiger partial charge in [0.25, 0.3) is 0 Å². The van der Waals surface area contributed by atoms with Crippen LogP contribution in [0.3, 0.4) is 0 Å². The average molecular weight is 289 g/mol. The maximum Gasteiger partial charge on any atom is 0.228 e.